The van der Waals surface area contributed by atoms with Gasteiger partial charge in [-0.05, 0) is 18.6 Å². The maximum atomic E-state index is 12.9. The molecular weight excluding hydrogens is 209 g/mol. The van der Waals surface area contributed by atoms with E-state index in [2.05, 4.69) is 12.2 Å². The van der Waals surface area contributed by atoms with Crippen molar-refractivity contribution in [1.29, 1.82) is 0 Å². The zero-order valence-electron chi connectivity index (χ0n) is 9.75. The van der Waals surface area contributed by atoms with Gasteiger partial charge in [-0.25, -0.2) is 4.39 Å². The van der Waals surface area contributed by atoms with Crippen LogP contribution in [0.1, 0.15) is 13.3 Å². The number of anilines is 1. The van der Waals surface area contributed by atoms with Gasteiger partial charge in [0.15, 0.2) is 0 Å². The summed E-state index contributed by atoms with van der Waals surface area (Å²) in [7, 11) is 1.52. The van der Waals surface area contributed by atoms with E-state index >= 15 is 0 Å². The molecular formula is C12H18FNO2. The number of halogens is 1. The summed E-state index contributed by atoms with van der Waals surface area (Å²) >= 11 is 0. The van der Waals surface area contributed by atoms with Gasteiger partial charge in [-0.2, -0.15) is 0 Å². The lowest BCUT2D eigenvalue weighted by Crippen LogP contribution is -2.10. The van der Waals surface area contributed by atoms with Gasteiger partial charge < -0.3 is 14.8 Å². The lowest BCUT2D eigenvalue weighted by molar-refractivity contribution is 0.144. The Hall–Kier alpha value is -1.29. The first kappa shape index (κ1) is 12.8. The number of benzene rings is 1. The summed E-state index contributed by atoms with van der Waals surface area (Å²) in [4.78, 5) is 0. The summed E-state index contributed by atoms with van der Waals surface area (Å²) in [5.74, 6) is 0.208. The number of ether oxygens (including phenoxy) is 2. The molecule has 0 aliphatic rings. The van der Waals surface area contributed by atoms with Crippen LogP contribution in [0.2, 0.25) is 0 Å². The topological polar surface area (TPSA) is 30.5 Å². The standard InChI is InChI=1S/C12H18FNO2/c1-3-7-16-8-6-14-11-5-4-10(13)9-12(11)15-2/h4-5,9,14H,3,6-8H2,1-2H3. The minimum Gasteiger partial charge on any atom is -0.494 e. The molecule has 0 aliphatic heterocycles. The summed E-state index contributed by atoms with van der Waals surface area (Å²) in [6.07, 6.45) is 1.01. The molecule has 0 aromatic heterocycles. The third-order valence-corrected chi connectivity index (χ3v) is 2.07. The van der Waals surface area contributed by atoms with Gasteiger partial charge in [-0.1, -0.05) is 6.92 Å². The van der Waals surface area contributed by atoms with Crippen molar-refractivity contribution in [2.75, 3.05) is 32.2 Å². The van der Waals surface area contributed by atoms with E-state index in [0.717, 1.165) is 18.7 Å². The molecule has 16 heavy (non-hydrogen) atoms. The van der Waals surface area contributed by atoms with Crippen LogP contribution in [-0.4, -0.2) is 26.9 Å². The molecule has 0 unspecified atom stereocenters. The Morgan fingerprint density at radius 1 is 1.31 bits per heavy atom. The average Bonchev–Trinajstić information content (AvgIpc) is 2.30. The predicted octanol–water partition coefficient (Wildman–Crippen LogP) is 2.67. The molecule has 0 fully saturated rings. The van der Waals surface area contributed by atoms with Crippen molar-refractivity contribution >= 4 is 5.69 Å². The van der Waals surface area contributed by atoms with E-state index in [4.69, 9.17) is 9.47 Å². The third kappa shape index (κ3) is 4.06. The molecule has 0 aliphatic carbocycles. The third-order valence-electron chi connectivity index (χ3n) is 2.07. The molecule has 90 valence electrons. The molecule has 1 aromatic rings. The van der Waals surface area contributed by atoms with Gasteiger partial charge in [0.25, 0.3) is 0 Å². The monoisotopic (exact) mass is 227 g/mol. The minimum atomic E-state index is -0.301. The Morgan fingerprint density at radius 3 is 2.81 bits per heavy atom. The summed E-state index contributed by atoms with van der Waals surface area (Å²) in [6.45, 7) is 4.15. The van der Waals surface area contributed by atoms with Gasteiger partial charge in [0.2, 0.25) is 0 Å². The molecule has 0 atom stereocenters. The van der Waals surface area contributed by atoms with Crippen LogP contribution in [0.4, 0.5) is 10.1 Å². The Balaban J connectivity index is 2.41. The maximum absolute atomic E-state index is 12.9. The number of methoxy groups -OCH3 is 1. The molecule has 1 N–H and O–H groups in total. The number of rotatable bonds is 7. The highest BCUT2D eigenvalue weighted by Gasteiger charge is 2.03. The molecule has 0 amide bonds. The van der Waals surface area contributed by atoms with Gasteiger partial charge in [0.1, 0.15) is 11.6 Å². The van der Waals surface area contributed by atoms with Crippen LogP contribution >= 0.6 is 0 Å². The van der Waals surface area contributed by atoms with Crippen molar-refractivity contribution in [2.45, 2.75) is 13.3 Å². The second-order valence-electron chi connectivity index (χ2n) is 3.38. The Labute approximate surface area is 95.6 Å². The normalized spacial score (nSPS) is 10.2. The van der Waals surface area contributed by atoms with E-state index in [1.54, 1.807) is 6.07 Å². The van der Waals surface area contributed by atoms with Crippen molar-refractivity contribution < 1.29 is 13.9 Å². The van der Waals surface area contributed by atoms with Crippen LogP contribution in [0, 0.1) is 5.82 Å². The highest BCUT2D eigenvalue weighted by molar-refractivity contribution is 5.56. The van der Waals surface area contributed by atoms with Crippen LogP contribution in [0.25, 0.3) is 0 Å². The highest BCUT2D eigenvalue weighted by atomic mass is 19.1. The molecule has 0 heterocycles. The molecule has 3 nitrogen and oxygen atoms in total. The van der Waals surface area contributed by atoms with Crippen LogP contribution in [0.5, 0.6) is 5.75 Å². The van der Waals surface area contributed by atoms with E-state index in [9.17, 15) is 4.39 Å². The highest BCUT2D eigenvalue weighted by Crippen LogP contribution is 2.24. The van der Waals surface area contributed by atoms with E-state index in [1.807, 2.05) is 0 Å². The molecule has 0 spiro atoms. The van der Waals surface area contributed by atoms with Gasteiger partial charge in [0, 0.05) is 19.2 Å². The van der Waals surface area contributed by atoms with Crippen LogP contribution in [-0.2, 0) is 4.74 Å². The van der Waals surface area contributed by atoms with Crippen molar-refractivity contribution in [1.82, 2.24) is 0 Å². The fraction of sp³-hybridized carbons (Fsp3) is 0.500. The summed E-state index contributed by atoms with van der Waals surface area (Å²) in [5, 5.41) is 3.13. The molecule has 0 bridgehead atoms. The Bertz CT molecular complexity index is 318. The van der Waals surface area contributed by atoms with Crippen molar-refractivity contribution in [3.8, 4) is 5.75 Å². The number of nitrogens with one attached hydrogen (secondary N) is 1. The van der Waals surface area contributed by atoms with Crippen LogP contribution < -0.4 is 10.1 Å². The van der Waals surface area contributed by atoms with Gasteiger partial charge in [0.05, 0.1) is 19.4 Å². The second-order valence-corrected chi connectivity index (χ2v) is 3.38. The van der Waals surface area contributed by atoms with Gasteiger partial charge >= 0.3 is 0 Å². The number of hydrogen-bond donors (Lipinski definition) is 1. The average molecular weight is 227 g/mol. The van der Waals surface area contributed by atoms with E-state index in [0.29, 0.717) is 18.9 Å². The molecule has 4 heteroatoms. The lowest BCUT2D eigenvalue weighted by Gasteiger charge is -2.11. The van der Waals surface area contributed by atoms with Crippen LogP contribution in [0.3, 0.4) is 0 Å². The molecule has 0 saturated heterocycles. The first-order chi connectivity index (χ1) is 7.77. The first-order valence-electron chi connectivity index (χ1n) is 5.43. The molecule has 0 radical (unpaired) electrons. The predicted molar refractivity (Wildman–Crippen MR) is 62.6 cm³/mol. The quantitative estimate of drug-likeness (QED) is 0.726. The Kier molecular flexibility index (Phi) is 5.64. The maximum Gasteiger partial charge on any atom is 0.144 e. The first-order valence-corrected chi connectivity index (χ1v) is 5.43. The van der Waals surface area contributed by atoms with Gasteiger partial charge in [-0.3, -0.25) is 0 Å². The molecule has 1 rings (SSSR count). The van der Waals surface area contributed by atoms with Crippen molar-refractivity contribution in [3.05, 3.63) is 24.0 Å². The largest absolute Gasteiger partial charge is 0.494 e. The molecule has 1 aromatic carbocycles. The second kappa shape index (κ2) is 7.06. The fourth-order valence-electron chi connectivity index (χ4n) is 1.32. The summed E-state index contributed by atoms with van der Waals surface area (Å²) in [6, 6.07) is 4.42. The van der Waals surface area contributed by atoms with Gasteiger partial charge in [-0.15, -0.1) is 0 Å². The smallest absolute Gasteiger partial charge is 0.144 e. The van der Waals surface area contributed by atoms with E-state index in [1.165, 1.54) is 19.2 Å². The minimum absolute atomic E-state index is 0.301. The van der Waals surface area contributed by atoms with E-state index in [-0.39, 0.29) is 5.82 Å². The lowest BCUT2D eigenvalue weighted by atomic mass is 10.3. The summed E-state index contributed by atoms with van der Waals surface area (Å²) < 4.78 is 23.3. The van der Waals surface area contributed by atoms with E-state index < -0.39 is 0 Å². The SMILES string of the molecule is CCCOCCNc1ccc(F)cc1OC. The van der Waals surface area contributed by atoms with Crippen molar-refractivity contribution in [3.63, 3.8) is 0 Å². The zero-order chi connectivity index (χ0) is 11.8. The van der Waals surface area contributed by atoms with Crippen molar-refractivity contribution in [2.24, 2.45) is 0 Å². The molecule has 0 saturated carbocycles. The zero-order valence-corrected chi connectivity index (χ0v) is 9.75. The number of hydrogen-bond acceptors (Lipinski definition) is 3. The fourth-order valence-corrected chi connectivity index (χ4v) is 1.32. The van der Waals surface area contributed by atoms with Crippen LogP contribution in [0.15, 0.2) is 18.2 Å². The summed E-state index contributed by atoms with van der Waals surface area (Å²) in [5.41, 5.74) is 0.781. The Morgan fingerprint density at radius 2 is 2.12 bits per heavy atom.